The highest BCUT2D eigenvalue weighted by Crippen LogP contribution is 2.30. The predicted molar refractivity (Wildman–Crippen MR) is 33.0 cm³/mol. The molecule has 1 unspecified atom stereocenters. The van der Waals surface area contributed by atoms with Crippen LogP contribution in [-0.2, 0) is 0 Å². The zero-order valence-electron chi connectivity index (χ0n) is 3.00. The van der Waals surface area contributed by atoms with Gasteiger partial charge in [0.15, 0.2) is 0 Å². The Bertz CT molecular complexity index is 105. The molecule has 1 nitrogen and oxygen atoms in total. The Morgan fingerprint density at radius 2 is 2.50 bits per heavy atom. The molecule has 0 saturated carbocycles. The van der Waals surface area contributed by atoms with E-state index in [2.05, 4.69) is 0 Å². The molecule has 0 aliphatic carbocycles. The number of hydrogen-bond donors (Lipinski definition) is 1. The summed E-state index contributed by atoms with van der Waals surface area (Å²) in [6, 6.07) is 0. The topological polar surface area (TPSA) is 20.2 Å². The zero-order valence-corrected chi connectivity index (χ0v) is 4.63. The third-order valence-corrected chi connectivity index (χ3v) is 2.54. The number of rotatable bonds is 0. The minimum Gasteiger partial charge on any atom is -0.327 e. The second kappa shape index (κ2) is 1.82. The van der Waals surface area contributed by atoms with Gasteiger partial charge in [-0.15, -0.1) is 0 Å². The second-order valence-corrected chi connectivity index (χ2v) is 3.73. The van der Waals surface area contributed by atoms with Crippen LogP contribution in [0.3, 0.4) is 0 Å². The van der Waals surface area contributed by atoms with E-state index >= 15 is 0 Å². The van der Waals surface area contributed by atoms with Crippen molar-refractivity contribution in [3.05, 3.63) is 11.5 Å². The van der Waals surface area contributed by atoms with Gasteiger partial charge in [0.25, 0.3) is 0 Å². The van der Waals surface area contributed by atoms with Crippen LogP contribution >= 0.6 is 20.6 Å². The Balaban J connectivity index is 2.61. The van der Waals surface area contributed by atoms with Gasteiger partial charge in [-0.25, -0.2) is 0 Å². The molecule has 1 heterocycles. The summed E-state index contributed by atoms with van der Waals surface area (Å²) in [5.41, 5.74) is 0. The van der Waals surface area contributed by atoms with E-state index in [0.717, 1.165) is 0 Å². The third-order valence-electron chi connectivity index (χ3n) is 0.428. The Kier molecular flexibility index (Phi) is 1.34. The monoisotopic (exact) mass is 120 g/mol. The molecule has 0 aromatic heterocycles. The predicted octanol–water partition coefficient (Wildman–Crippen LogP) is 1.71. The van der Waals surface area contributed by atoms with Crippen LogP contribution in [-0.4, -0.2) is 9.92 Å². The molecule has 0 aromatic rings. The molecule has 3 heteroatoms. The standard InChI is InChI=1S/C3H4OS2/c4-6-3-1-2-5-6/h1-4H. The average molecular weight is 120 g/mol. The van der Waals surface area contributed by atoms with E-state index < -0.39 is 9.80 Å². The van der Waals surface area contributed by atoms with E-state index in [9.17, 15) is 0 Å². The van der Waals surface area contributed by atoms with Crippen molar-refractivity contribution in [1.29, 1.82) is 0 Å². The molecule has 0 spiro atoms. The van der Waals surface area contributed by atoms with Crippen molar-refractivity contribution in [1.82, 2.24) is 0 Å². The van der Waals surface area contributed by atoms with Gasteiger partial charge in [0.05, 0.1) is 0 Å². The lowest BCUT2D eigenvalue weighted by Crippen LogP contribution is -1.49. The van der Waals surface area contributed by atoms with Crippen molar-refractivity contribution in [2.75, 3.05) is 0 Å². The lowest BCUT2D eigenvalue weighted by molar-refractivity contribution is 0.673. The maximum atomic E-state index is 8.60. The van der Waals surface area contributed by atoms with Crippen LogP contribution in [0.25, 0.3) is 0 Å². The van der Waals surface area contributed by atoms with Crippen LogP contribution in [0.5, 0.6) is 0 Å². The van der Waals surface area contributed by atoms with Crippen molar-refractivity contribution in [2.24, 2.45) is 0 Å². The summed E-state index contributed by atoms with van der Waals surface area (Å²) in [5, 5.41) is 3.65. The van der Waals surface area contributed by atoms with E-state index in [-0.39, 0.29) is 0 Å². The number of allylic oxidation sites excluding steroid dienone is 1. The first-order valence-electron chi connectivity index (χ1n) is 1.49. The van der Waals surface area contributed by atoms with Gasteiger partial charge in [0.1, 0.15) is 0 Å². The molecule has 0 saturated heterocycles. The van der Waals surface area contributed by atoms with E-state index in [1.54, 1.807) is 5.37 Å². The molecule has 1 aliphatic rings. The fraction of sp³-hybridized carbons (Fsp3) is 0. The lowest BCUT2D eigenvalue weighted by Gasteiger charge is -1.80. The summed E-state index contributed by atoms with van der Waals surface area (Å²) in [4.78, 5) is 0. The van der Waals surface area contributed by atoms with Gasteiger partial charge in [0, 0.05) is 9.80 Å². The molecule has 1 N–H and O–H groups in total. The van der Waals surface area contributed by atoms with Crippen LogP contribution in [0.1, 0.15) is 0 Å². The zero-order chi connectivity index (χ0) is 4.41. The highest BCUT2D eigenvalue weighted by atomic mass is 33.1. The third kappa shape index (κ3) is 0.864. The Hall–Kier alpha value is 0.270. The normalized spacial score (nSPS) is 30.5. The van der Waals surface area contributed by atoms with Gasteiger partial charge in [-0.1, -0.05) is 0 Å². The summed E-state index contributed by atoms with van der Waals surface area (Å²) >= 11 is 0. The molecule has 6 heavy (non-hydrogen) atoms. The van der Waals surface area contributed by atoms with E-state index in [1.165, 1.54) is 10.8 Å². The van der Waals surface area contributed by atoms with Gasteiger partial charge in [-0.2, -0.15) is 0 Å². The van der Waals surface area contributed by atoms with Crippen molar-refractivity contribution < 1.29 is 4.55 Å². The average Bonchev–Trinajstić information content (AvgIpc) is 1.86. The van der Waals surface area contributed by atoms with Crippen LogP contribution in [0.2, 0.25) is 0 Å². The van der Waals surface area contributed by atoms with Gasteiger partial charge in [0.2, 0.25) is 0 Å². The molecule has 0 radical (unpaired) electrons. The molecule has 1 aliphatic heterocycles. The molecule has 0 fully saturated rings. The fourth-order valence-corrected chi connectivity index (χ4v) is 1.77. The minimum absolute atomic E-state index is 0.492. The van der Waals surface area contributed by atoms with Crippen LogP contribution in [0, 0.1) is 0 Å². The first-order chi connectivity index (χ1) is 2.89. The highest BCUT2D eigenvalue weighted by molar-refractivity contribution is 8.82. The summed E-state index contributed by atoms with van der Waals surface area (Å²) in [7, 11) is 0.952. The Morgan fingerprint density at radius 3 is 2.67 bits per heavy atom. The van der Waals surface area contributed by atoms with E-state index in [1.807, 2.05) is 11.5 Å². The highest BCUT2D eigenvalue weighted by Gasteiger charge is 1.87. The Morgan fingerprint density at radius 1 is 1.67 bits per heavy atom. The maximum Gasteiger partial charge on any atom is 0.00138 e. The second-order valence-electron chi connectivity index (χ2n) is 0.837. The van der Waals surface area contributed by atoms with E-state index in [0.29, 0.717) is 0 Å². The lowest BCUT2D eigenvalue weighted by atomic mass is 10.8. The van der Waals surface area contributed by atoms with Crippen molar-refractivity contribution >= 4 is 26.0 Å². The molecular formula is C3H4OS2. The van der Waals surface area contributed by atoms with Crippen LogP contribution in [0.4, 0.5) is 0 Å². The largest absolute Gasteiger partial charge is 0.327 e. The number of hydrogen-bond acceptors (Lipinski definition) is 2. The first-order valence-corrected chi connectivity index (χ1v) is 4.13. The van der Waals surface area contributed by atoms with Gasteiger partial charge in [-0.05, 0) is 27.6 Å². The maximum absolute atomic E-state index is 8.60. The minimum atomic E-state index is -0.492. The molecule has 0 amide bonds. The van der Waals surface area contributed by atoms with Gasteiger partial charge < -0.3 is 4.55 Å². The molecule has 1 rings (SSSR count). The van der Waals surface area contributed by atoms with Crippen molar-refractivity contribution in [2.45, 2.75) is 0 Å². The van der Waals surface area contributed by atoms with Crippen LogP contribution < -0.4 is 0 Å². The van der Waals surface area contributed by atoms with Crippen molar-refractivity contribution in [3.8, 4) is 0 Å². The summed E-state index contributed by atoms with van der Waals surface area (Å²) in [5.74, 6) is 0. The summed E-state index contributed by atoms with van der Waals surface area (Å²) in [6.45, 7) is 0. The molecule has 34 valence electrons. The first kappa shape index (κ1) is 4.43. The summed E-state index contributed by atoms with van der Waals surface area (Å²) < 4.78 is 8.60. The van der Waals surface area contributed by atoms with Crippen molar-refractivity contribution in [3.63, 3.8) is 0 Å². The molecule has 0 aromatic carbocycles. The molecular weight excluding hydrogens is 116 g/mol. The quantitative estimate of drug-likeness (QED) is 0.388. The Labute approximate surface area is 42.6 Å². The summed E-state index contributed by atoms with van der Waals surface area (Å²) in [6.07, 6.45) is 1.85. The van der Waals surface area contributed by atoms with Gasteiger partial charge in [-0.3, -0.25) is 0 Å². The fourth-order valence-electron chi connectivity index (χ4n) is 0.220. The molecule has 0 bridgehead atoms. The molecule has 1 atom stereocenters. The van der Waals surface area contributed by atoms with Crippen LogP contribution in [0.15, 0.2) is 11.5 Å². The van der Waals surface area contributed by atoms with E-state index in [4.69, 9.17) is 4.55 Å². The SMILES string of the molecule is OS1=CC=CS1. The smallest absolute Gasteiger partial charge is 0.00138 e. The van der Waals surface area contributed by atoms with Gasteiger partial charge >= 0.3 is 0 Å².